The number of imide groups is 1. The number of hydrogen-bond acceptors (Lipinski definition) is 10. The Hall–Kier alpha value is -6.41. The molecule has 0 radical (unpaired) electrons. The summed E-state index contributed by atoms with van der Waals surface area (Å²) >= 11 is 0. The Morgan fingerprint density at radius 1 is 0.859 bits per heavy atom. The van der Waals surface area contributed by atoms with Crippen LogP contribution in [-0.4, -0.2) is 87.1 Å². The minimum Gasteiger partial charge on any atom is -0.372 e. The van der Waals surface area contributed by atoms with E-state index in [0.717, 1.165) is 88.0 Å². The fourth-order valence-electron chi connectivity index (χ4n) is 9.44. The lowest BCUT2D eigenvalue weighted by atomic mass is 9.88. The topological polar surface area (TPSA) is 165 Å². The zero-order valence-corrected chi connectivity index (χ0v) is 37.5. The molecule has 3 N–H and O–H groups in total. The van der Waals surface area contributed by atoms with Crippen molar-refractivity contribution in [1.29, 1.82) is 0 Å². The highest BCUT2D eigenvalue weighted by Crippen LogP contribution is 2.35. The Morgan fingerprint density at radius 3 is 2.33 bits per heavy atom. The second kappa shape index (κ2) is 18.0. The van der Waals surface area contributed by atoms with Gasteiger partial charge in [-0.2, -0.15) is 4.98 Å². The van der Waals surface area contributed by atoms with Crippen molar-refractivity contribution < 1.29 is 18.9 Å². The molecule has 9 rings (SSSR count). The third-order valence-corrected chi connectivity index (χ3v) is 13.4. The molecular formula is C50H58N10O4. The predicted molar refractivity (Wildman–Crippen MR) is 248 cm³/mol. The summed E-state index contributed by atoms with van der Waals surface area (Å²) in [6, 6.07) is 23.3. The largest absolute Gasteiger partial charge is 0.372 e. The van der Waals surface area contributed by atoms with Gasteiger partial charge in [0.15, 0.2) is 5.82 Å². The van der Waals surface area contributed by atoms with Crippen LogP contribution in [0.25, 0.3) is 33.5 Å². The molecule has 3 aliphatic rings. The zero-order valence-electron chi connectivity index (χ0n) is 37.5. The first-order chi connectivity index (χ1) is 30.9. The van der Waals surface area contributed by atoms with E-state index in [2.05, 4.69) is 89.1 Å². The molecule has 0 saturated carbocycles. The quantitative estimate of drug-likeness (QED) is 0.115. The fourth-order valence-corrected chi connectivity index (χ4v) is 9.44. The number of benzene rings is 3. The van der Waals surface area contributed by atoms with Crippen LogP contribution in [0.15, 0.2) is 77.6 Å². The Bertz CT molecular complexity index is 2660. The van der Waals surface area contributed by atoms with Gasteiger partial charge < -0.3 is 24.6 Å². The molecule has 0 spiro atoms. The van der Waals surface area contributed by atoms with E-state index in [9.17, 15) is 14.4 Å². The normalized spacial score (nSPS) is 17.0. The van der Waals surface area contributed by atoms with Crippen LogP contribution in [0.2, 0.25) is 0 Å². The minimum absolute atomic E-state index is 0.0392. The van der Waals surface area contributed by atoms with Crippen LogP contribution in [-0.2, 0) is 16.8 Å². The van der Waals surface area contributed by atoms with Gasteiger partial charge in [-0.1, -0.05) is 62.3 Å². The maximum absolute atomic E-state index is 12.7. The third kappa shape index (κ3) is 9.28. The van der Waals surface area contributed by atoms with Crippen LogP contribution in [0.3, 0.4) is 0 Å². The Kier molecular flexibility index (Phi) is 12.1. The molecule has 3 fully saturated rings. The van der Waals surface area contributed by atoms with Crippen LogP contribution < -0.4 is 20.4 Å². The van der Waals surface area contributed by atoms with Crippen molar-refractivity contribution in [1.82, 2.24) is 40.6 Å². The number of nitrogens with one attached hydrogen (secondary N) is 3. The van der Waals surface area contributed by atoms with Gasteiger partial charge in [-0.05, 0) is 136 Å². The average molecular weight is 863 g/mol. The smallest absolute Gasteiger partial charge is 0.328 e. The molecule has 3 aromatic carbocycles. The molecule has 3 saturated heterocycles. The predicted octanol–water partition coefficient (Wildman–Crippen LogP) is 8.45. The molecule has 14 nitrogen and oxygen atoms in total. The van der Waals surface area contributed by atoms with E-state index in [4.69, 9.17) is 9.51 Å². The van der Waals surface area contributed by atoms with Gasteiger partial charge in [0.05, 0.1) is 5.69 Å². The molecule has 0 bridgehead atoms. The number of fused-ring (bicyclic) bond motifs is 1. The number of aromatic amines is 1. The first-order valence-corrected chi connectivity index (χ1v) is 22.7. The number of anilines is 2. The summed E-state index contributed by atoms with van der Waals surface area (Å²) in [5.74, 6) is 1.15. The Balaban J connectivity index is 0.745. The number of carbonyl (C=O) groups excluding carboxylic acids is 3. The lowest BCUT2D eigenvalue weighted by molar-refractivity contribution is -0.120. The molecule has 6 aromatic rings. The van der Waals surface area contributed by atoms with Crippen LogP contribution in [0.5, 0.6) is 0 Å². The molecule has 4 amide bonds. The summed E-state index contributed by atoms with van der Waals surface area (Å²) in [5.41, 5.74) is 11.0. The molecule has 64 heavy (non-hydrogen) atoms. The highest BCUT2D eigenvalue weighted by atomic mass is 16.5. The maximum atomic E-state index is 12.7. The number of amides is 4. The number of rotatable bonds is 11. The second-order valence-electron chi connectivity index (χ2n) is 18.8. The summed E-state index contributed by atoms with van der Waals surface area (Å²) in [6.07, 6.45) is 7.93. The van der Waals surface area contributed by atoms with Crippen LogP contribution in [0.4, 0.5) is 16.2 Å². The van der Waals surface area contributed by atoms with E-state index >= 15 is 0 Å². The van der Waals surface area contributed by atoms with Crippen molar-refractivity contribution in [2.45, 2.75) is 91.0 Å². The molecule has 6 heterocycles. The van der Waals surface area contributed by atoms with Crippen molar-refractivity contribution in [2.75, 3.05) is 49.1 Å². The minimum atomic E-state index is -0.400. The lowest BCUT2D eigenvalue weighted by Crippen LogP contribution is -2.49. The van der Waals surface area contributed by atoms with Crippen molar-refractivity contribution in [3.63, 3.8) is 0 Å². The van der Waals surface area contributed by atoms with Crippen molar-refractivity contribution >= 4 is 40.3 Å². The van der Waals surface area contributed by atoms with Crippen molar-refractivity contribution in [2.24, 2.45) is 5.92 Å². The second-order valence-corrected chi connectivity index (χ2v) is 18.8. The average Bonchev–Trinajstić information content (AvgIpc) is 3.98. The van der Waals surface area contributed by atoms with Crippen LogP contribution in [0.1, 0.15) is 104 Å². The van der Waals surface area contributed by atoms with Crippen LogP contribution >= 0.6 is 0 Å². The van der Waals surface area contributed by atoms with Gasteiger partial charge in [-0.3, -0.25) is 19.8 Å². The number of carbonyl (C=O) groups is 3. The number of hydrogen-bond donors (Lipinski definition) is 3. The van der Waals surface area contributed by atoms with Gasteiger partial charge in [-0.15, -0.1) is 0 Å². The van der Waals surface area contributed by atoms with E-state index in [1.807, 2.05) is 52.8 Å². The van der Waals surface area contributed by atoms with Gasteiger partial charge in [0.2, 0.25) is 5.91 Å². The molecule has 0 atom stereocenters. The fraction of sp³-hybridized carbons (Fsp3) is 0.420. The van der Waals surface area contributed by atoms with E-state index in [1.165, 1.54) is 49.9 Å². The van der Waals surface area contributed by atoms with Crippen molar-refractivity contribution in [3.8, 4) is 22.5 Å². The summed E-state index contributed by atoms with van der Waals surface area (Å²) in [4.78, 5) is 60.6. The van der Waals surface area contributed by atoms with Crippen LogP contribution in [0, 0.1) is 19.8 Å². The SMILES string of the molecule is Cc1cc(-c2ncnc3[nH]c(-c4ccc(C5CCN(CCC6CCN(c7ccc(N8CCC(=O)NC8=O)c(C)c7)CC6)CC5)cc4)cc23)ccc1CNC(=O)c1nc(C(C)(C)C)no1. The number of nitrogens with zero attached hydrogens (tertiary/aromatic N) is 7. The highest BCUT2D eigenvalue weighted by Gasteiger charge is 2.28. The molecular weight excluding hydrogens is 805 g/mol. The Labute approximate surface area is 374 Å². The number of aromatic nitrogens is 5. The number of piperidine rings is 2. The van der Waals surface area contributed by atoms with E-state index in [0.29, 0.717) is 31.3 Å². The summed E-state index contributed by atoms with van der Waals surface area (Å²) in [6.45, 7) is 16.3. The molecule has 0 aliphatic carbocycles. The maximum Gasteiger partial charge on any atom is 0.328 e. The number of aryl methyl sites for hydroxylation is 2. The standard InChI is InChI=1S/C50H58N10O4/c1-31-26-37(10-11-38(31)29-51-46(62)47-56-48(57-64-47)50(3,4)5)44-40-28-41(54-45(40)53-30-52-44)36-8-6-34(7-9-36)35-17-21-58(22-18-35)20-14-33-15-23-59(24-16-33)39-12-13-42(32(2)27-39)60-25-19-43(61)55-49(60)63/h6-13,26-28,30,33,35H,14-25,29H2,1-5H3,(H,51,62)(H,52,53,54)(H,55,61,63). The van der Waals surface area contributed by atoms with E-state index in [-0.39, 0.29) is 23.2 Å². The molecule has 0 unspecified atom stereocenters. The third-order valence-electron chi connectivity index (χ3n) is 13.4. The molecule has 3 aliphatic heterocycles. The summed E-state index contributed by atoms with van der Waals surface area (Å²) in [7, 11) is 0. The Morgan fingerprint density at radius 2 is 1.62 bits per heavy atom. The summed E-state index contributed by atoms with van der Waals surface area (Å²) in [5, 5.41) is 10.3. The van der Waals surface area contributed by atoms with E-state index < -0.39 is 5.91 Å². The number of H-pyrrole nitrogens is 1. The van der Waals surface area contributed by atoms with Crippen molar-refractivity contribution in [3.05, 3.63) is 107 Å². The van der Waals surface area contributed by atoms with Gasteiger partial charge in [0.1, 0.15) is 12.0 Å². The van der Waals surface area contributed by atoms with Gasteiger partial charge in [-0.25, -0.2) is 14.8 Å². The number of likely N-dealkylation sites (tertiary alicyclic amines) is 1. The monoisotopic (exact) mass is 862 g/mol. The van der Waals surface area contributed by atoms with Gasteiger partial charge >= 0.3 is 17.8 Å². The number of urea groups is 1. The first kappa shape index (κ1) is 42.9. The lowest BCUT2D eigenvalue weighted by Gasteiger charge is -2.36. The molecule has 3 aromatic heterocycles. The van der Waals surface area contributed by atoms with Gasteiger partial charge in [0.25, 0.3) is 0 Å². The highest BCUT2D eigenvalue weighted by molar-refractivity contribution is 6.06. The zero-order chi connectivity index (χ0) is 44.5. The van der Waals surface area contributed by atoms with E-state index in [1.54, 1.807) is 11.2 Å². The first-order valence-electron chi connectivity index (χ1n) is 22.7. The molecule has 14 heteroatoms. The van der Waals surface area contributed by atoms with Gasteiger partial charge in [0, 0.05) is 66.0 Å². The summed E-state index contributed by atoms with van der Waals surface area (Å²) < 4.78 is 5.21. The molecule has 332 valence electrons.